The number of rotatable bonds is 5. The van der Waals surface area contributed by atoms with Gasteiger partial charge in [-0.2, -0.15) is 0 Å². The average molecular weight is 263 g/mol. The van der Waals surface area contributed by atoms with Crippen LogP contribution < -0.4 is 5.32 Å². The molecule has 106 valence electrons. The van der Waals surface area contributed by atoms with Gasteiger partial charge in [0.25, 0.3) is 0 Å². The van der Waals surface area contributed by atoms with Gasteiger partial charge in [-0.15, -0.1) is 0 Å². The topological polar surface area (TPSA) is 30.5 Å². The summed E-state index contributed by atoms with van der Waals surface area (Å²) in [5, 5.41) is 3.53. The van der Waals surface area contributed by atoms with Crippen LogP contribution in [0.2, 0.25) is 0 Å². The molecule has 1 aromatic carbocycles. The Morgan fingerprint density at radius 2 is 2.11 bits per heavy atom. The smallest absolute Gasteiger partial charge is 0.105 e. The van der Waals surface area contributed by atoms with Crippen LogP contribution in [0.5, 0.6) is 0 Å². The summed E-state index contributed by atoms with van der Waals surface area (Å²) in [6.45, 7) is 10.9. The van der Waals surface area contributed by atoms with Gasteiger partial charge in [0.05, 0.1) is 19.3 Å². The fourth-order valence-corrected chi connectivity index (χ4v) is 2.04. The molecule has 1 aliphatic heterocycles. The van der Waals surface area contributed by atoms with Crippen molar-refractivity contribution in [1.29, 1.82) is 0 Å². The maximum absolute atomic E-state index is 6.14. The molecule has 0 radical (unpaired) electrons. The summed E-state index contributed by atoms with van der Waals surface area (Å²) >= 11 is 0. The van der Waals surface area contributed by atoms with E-state index in [-0.39, 0.29) is 17.7 Å². The lowest BCUT2D eigenvalue weighted by atomic mass is 10.0. The summed E-state index contributed by atoms with van der Waals surface area (Å²) in [5.74, 6) is 0. The molecule has 2 rings (SSSR count). The van der Waals surface area contributed by atoms with Gasteiger partial charge in [-0.25, -0.2) is 0 Å². The fourth-order valence-electron chi connectivity index (χ4n) is 2.04. The van der Waals surface area contributed by atoms with E-state index >= 15 is 0 Å². The third-order valence-electron chi connectivity index (χ3n) is 3.20. The second kappa shape index (κ2) is 6.04. The molecule has 1 heterocycles. The fraction of sp³-hybridized carbons (Fsp3) is 0.625. The highest BCUT2D eigenvalue weighted by atomic mass is 16.6. The molecule has 0 bridgehead atoms. The molecular formula is C16H25NO2. The SMILES string of the molecule is Cc1cccc(C(CNC(C)(C)C)OC2COC2)c1. The van der Waals surface area contributed by atoms with E-state index < -0.39 is 0 Å². The lowest BCUT2D eigenvalue weighted by Gasteiger charge is -2.32. The molecule has 1 N–H and O–H groups in total. The first-order chi connectivity index (χ1) is 8.94. The maximum Gasteiger partial charge on any atom is 0.105 e. The van der Waals surface area contributed by atoms with Crippen LogP contribution in [0.1, 0.15) is 38.0 Å². The van der Waals surface area contributed by atoms with Crippen LogP contribution >= 0.6 is 0 Å². The van der Waals surface area contributed by atoms with Crippen molar-refractivity contribution in [2.24, 2.45) is 0 Å². The molecule has 1 atom stereocenters. The Labute approximate surface area is 116 Å². The lowest BCUT2D eigenvalue weighted by Crippen LogP contribution is -2.43. The number of aryl methyl sites for hydroxylation is 1. The molecule has 1 aromatic rings. The summed E-state index contributed by atoms with van der Waals surface area (Å²) in [5.41, 5.74) is 2.61. The molecule has 1 unspecified atom stereocenters. The van der Waals surface area contributed by atoms with Gasteiger partial charge >= 0.3 is 0 Å². The van der Waals surface area contributed by atoms with Gasteiger partial charge in [0.1, 0.15) is 6.10 Å². The first-order valence-electron chi connectivity index (χ1n) is 6.99. The van der Waals surface area contributed by atoms with Gasteiger partial charge in [-0.3, -0.25) is 0 Å². The summed E-state index contributed by atoms with van der Waals surface area (Å²) in [6.07, 6.45) is 0.334. The highest BCUT2D eigenvalue weighted by Gasteiger charge is 2.25. The van der Waals surface area contributed by atoms with Crippen LogP contribution in [0.25, 0.3) is 0 Å². The summed E-state index contributed by atoms with van der Waals surface area (Å²) in [4.78, 5) is 0. The first-order valence-corrected chi connectivity index (χ1v) is 6.99. The number of benzene rings is 1. The standard InChI is InChI=1S/C16H25NO2/c1-12-6-5-7-13(8-12)15(9-17-16(2,3)4)19-14-10-18-11-14/h5-8,14-15,17H,9-11H2,1-4H3. The molecule has 3 nitrogen and oxygen atoms in total. The van der Waals surface area contributed by atoms with E-state index in [4.69, 9.17) is 9.47 Å². The Kier molecular flexibility index (Phi) is 4.61. The number of nitrogens with one attached hydrogen (secondary N) is 1. The second-order valence-corrected chi connectivity index (χ2v) is 6.33. The zero-order valence-electron chi connectivity index (χ0n) is 12.4. The Morgan fingerprint density at radius 3 is 2.63 bits per heavy atom. The zero-order chi connectivity index (χ0) is 13.9. The van der Waals surface area contributed by atoms with Gasteiger partial charge in [0, 0.05) is 12.1 Å². The quantitative estimate of drug-likeness (QED) is 0.886. The predicted molar refractivity (Wildman–Crippen MR) is 77.4 cm³/mol. The minimum Gasteiger partial charge on any atom is -0.376 e. The highest BCUT2D eigenvalue weighted by molar-refractivity contribution is 5.24. The monoisotopic (exact) mass is 263 g/mol. The molecule has 3 heteroatoms. The van der Waals surface area contributed by atoms with Crippen LogP contribution in [-0.2, 0) is 9.47 Å². The van der Waals surface area contributed by atoms with Crippen LogP contribution in [0.15, 0.2) is 24.3 Å². The van der Waals surface area contributed by atoms with Crippen molar-refractivity contribution in [3.05, 3.63) is 35.4 Å². The molecule has 19 heavy (non-hydrogen) atoms. The third-order valence-corrected chi connectivity index (χ3v) is 3.20. The van der Waals surface area contributed by atoms with E-state index in [0.717, 1.165) is 19.8 Å². The third kappa shape index (κ3) is 4.60. The molecule has 1 saturated heterocycles. The van der Waals surface area contributed by atoms with E-state index in [1.807, 2.05) is 0 Å². The minimum absolute atomic E-state index is 0.0908. The molecule has 0 aliphatic carbocycles. The second-order valence-electron chi connectivity index (χ2n) is 6.33. The predicted octanol–water partition coefficient (Wildman–Crippen LogP) is 2.84. The Balaban J connectivity index is 2.04. The molecule has 0 amide bonds. The van der Waals surface area contributed by atoms with Crippen LogP contribution in [0.3, 0.4) is 0 Å². The molecule has 1 fully saturated rings. The lowest BCUT2D eigenvalue weighted by molar-refractivity contribution is -0.155. The summed E-state index contributed by atoms with van der Waals surface area (Å²) < 4.78 is 11.3. The van der Waals surface area contributed by atoms with E-state index in [1.165, 1.54) is 11.1 Å². The normalized spacial score (nSPS) is 18.1. The molecule has 0 spiro atoms. The molecule has 0 aromatic heterocycles. The van der Waals surface area contributed by atoms with Crippen molar-refractivity contribution in [1.82, 2.24) is 5.32 Å². The largest absolute Gasteiger partial charge is 0.376 e. The Bertz CT molecular complexity index is 407. The van der Waals surface area contributed by atoms with Gasteiger partial charge in [-0.1, -0.05) is 29.8 Å². The van der Waals surface area contributed by atoms with Gasteiger partial charge in [-0.05, 0) is 33.3 Å². The number of ether oxygens (including phenoxy) is 2. The van der Waals surface area contributed by atoms with Gasteiger partial charge in [0.2, 0.25) is 0 Å². The Morgan fingerprint density at radius 1 is 1.37 bits per heavy atom. The molecule has 1 aliphatic rings. The van der Waals surface area contributed by atoms with Crippen LogP contribution in [-0.4, -0.2) is 31.4 Å². The van der Waals surface area contributed by atoms with Crippen molar-refractivity contribution >= 4 is 0 Å². The Hall–Kier alpha value is -0.900. The van der Waals surface area contributed by atoms with E-state index in [0.29, 0.717) is 0 Å². The van der Waals surface area contributed by atoms with Gasteiger partial charge < -0.3 is 14.8 Å². The first kappa shape index (κ1) is 14.5. The van der Waals surface area contributed by atoms with Crippen molar-refractivity contribution in [2.45, 2.75) is 45.4 Å². The zero-order valence-corrected chi connectivity index (χ0v) is 12.4. The molecule has 0 saturated carbocycles. The van der Waals surface area contributed by atoms with Crippen LogP contribution in [0, 0.1) is 6.92 Å². The average Bonchev–Trinajstić information content (AvgIpc) is 2.25. The summed E-state index contributed by atoms with van der Waals surface area (Å²) in [6, 6.07) is 8.55. The van der Waals surface area contributed by atoms with E-state index in [1.54, 1.807) is 0 Å². The van der Waals surface area contributed by atoms with E-state index in [2.05, 4.69) is 57.3 Å². The van der Waals surface area contributed by atoms with Gasteiger partial charge in [0.15, 0.2) is 0 Å². The van der Waals surface area contributed by atoms with Crippen molar-refractivity contribution in [2.75, 3.05) is 19.8 Å². The highest BCUT2D eigenvalue weighted by Crippen LogP contribution is 2.23. The minimum atomic E-state index is 0.0908. The maximum atomic E-state index is 6.14. The van der Waals surface area contributed by atoms with Crippen molar-refractivity contribution < 1.29 is 9.47 Å². The van der Waals surface area contributed by atoms with E-state index in [9.17, 15) is 0 Å². The number of hydrogen-bond acceptors (Lipinski definition) is 3. The summed E-state index contributed by atoms with van der Waals surface area (Å²) in [7, 11) is 0. The van der Waals surface area contributed by atoms with Crippen molar-refractivity contribution in [3.63, 3.8) is 0 Å². The van der Waals surface area contributed by atoms with Crippen molar-refractivity contribution in [3.8, 4) is 0 Å². The molecular weight excluding hydrogens is 238 g/mol. The number of hydrogen-bond donors (Lipinski definition) is 1. The van der Waals surface area contributed by atoms with Crippen LogP contribution in [0.4, 0.5) is 0 Å².